The van der Waals surface area contributed by atoms with Crippen LogP contribution in [0, 0.1) is 11.3 Å². The van der Waals surface area contributed by atoms with E-state index in [-0.39, 0.29) is 17.4 Å². The van der Waals surface area contributed by atoms with Crippen LogP contribution < -0.4 is 0 Å². The van der Waals surface area contributed by atoms with Gasteiger partial charge in [0.15, 0.2) is 5.67 Å². The van der Waals surface area contributed by atoms with Crippen molar-refractivity contribution in [3.8, 4) is 0 Å². The number of allylic oxidation sites excluding steroid dienone is 2. The van der Waals surface area contributed by atoms with Crippen LogP contribution in [0.1, 0.15) is 51.0 Å². The molecular formula is C29H34FN3O3. The molecule has 2 aromatic rings. The summed E-state index contributed by atoms with van der Waals surface area (Å²) in [5, 5.41) is 23.0. The van der Waals surface area contributed by atoms with Gasteiger partial charge in [0, 0.05) is 23.5 Å². The minimum absolute atomic E-state index is 0.00109. The molecule has 2 saturated carbocycles. The predicted molar refractivity (Wildman–Crippen MR) is 135 cm³/mol. The summed E-state index contributed by atoms with van der Waals surface area (Å²) >= 11 is 0. The van der Waals surface area contributed by atoms with Gasteiger partial charge in [-0.25, -0.2) is 14.4 Å². The molecule has 1 saturated heterocycles. The molecule has 1 aromatic heterocycles. The zero-order valence-electron chi connectivity index (χ0n) is 21.1. The molecule has 2 N–H and O–H groups in total. The summed E-state index contributed by atoms with van der Waals surface area (Å²) < 4.78 is 24.1. The summed E-state index contributed by atoms with van der Waals surface area (Å²) in [6.07, 6.45) is 8.98. The van der Waals surface area contributed by atoms with Gasteiger partial charge in [-0.05, 0) is 86.9 Å². The van der Waals surface area contributed by atoms with Crippen molar-refractivity contribution in [3.05, 3.63) is 54.0 Å². The molecule has 3 aliphatic carbocycles. The number of hydrogen-bond donors (Lipinski definition) is 2. The van der Waals surface area contributed by atoms with E-state index in [1.165, 1.54) is 5.57 Å². The van der Waals surface area contributed by atoms with Crippen LogP contribution in [0.15, 0.2) is 48.4 Å². The smallest absolute Gasteiger partial charge is 0.158 e. The number of nitrogens with zero attached hydrogens (tertiary/aromatic N) is 3. The molecule has 36 heavy (non-hydrogen) atoms. The largest absolute Gasteiger partial charge is 0.388 e. The van der Waals surface area contributed by atoms with E-state index in [2.05, 4.69) is 41.2 Å². The van der Waals surface area contributed by atoms with E-state index in [0.29, 0.717) is 37.7 Å². The summed E-state index contributed by atoms with van der Waals surface area (Å²) in [4.78, 5) is 10.5. The van der Waals surface area contributed by atoms with Gasteiger partial charge in [0.1, 0.15) is 18.0 Å². The average molecular weight is 492 g/mol. The van der Waals surface area contributed by atoms with Crippen molar-refractivity contribution in [2.24, 2.45) is 11.3 Å². The van der Waals surface area contributed by atoms with E-state index in [9.17, 15) is 10.2 Å². The molecule has 3 heterocycles. The molecule has 2 bridgehead atoms. The second kappa shape index (κ2) is 7.22. The lowest BCUT2D eigenvalue weighted by molar-refractivity contribution is -0.239. The minimum Gasteiger partial charge on any atom is -0.388 e. The van der Waals surface area contributed by atoms with Gasteiger partial charge in [-0.15, -0.1) is 0 Å². The Morgan fingerprint density at radius 2 is 1.97 bits per heavy atom. The fraction of sp³-hybridized carbons (Fsp3) is 0.586. The molecule has 0 amide bonds. The van der Waals surface area contributed by atoms with Crippen molar-refractivity contribution in [2.75, 3.05) is 14.1 Å². The Labute approximate surface area is 210 Å². The van der Waals surface area contributed by atoms with Gasteiger partial charge in [-0.1, -0.05) is 25.1 Å². The second-order valence-corrected chi connectivity index (χ2v) is 12.2. The number of rotatable bonds is 2. The molecule has 190 valence electrons. The van der Waals surface area contributed by atoms with Crippen LogP contribution in [0.5, 0.6) is 0 Å². The van der Waals surface area contributed by atoms with Crippen molar-refractivity contribution in [1.29, 1.82) is 0 Å². The third kappa shape index (κ3) is 2.70. The highest BCUT2D eigenvalue weighted by molar-refractivity contribution is 5.84. The van der Waals surface area contributed by atoms with Gasteiger partial charge in [-0.2, -0.15) is 0 Å². The van der Waals surface area contributed by atoms with Crippen LogP contribution in [-0.2, 0) is 4.74 Å². The van der Waals surface area contributed by atoms with E-state index in [1.807, 2.05) is 25.2 Å². The third-order valence-electron chi connectivity index (χ3n) is 10.5. The molecule has 8 unspecified atom stereocenters. The number of alkyl halides is 1. The Kier molecular flexibility index (Phi) is 4.61. The summed E-state index contributed by atoms with van der Waals surface area (Å²) in [5.41, 5.74) is 0.345. The van der Waals surface area contributed by atoms with E-state index in [4.69, 9.17) is 4.74 Å². The number of benzene rings is 1. The van der Waals surface area contributed by atoms with Crippen LogP contribution in [0.4, 0.5) is 4.39 Å². The number of ether oxygens (including phenoxy) is 1. The van der Waals surface area contributed by atoms with Crippen molar-refractivity contribution in [3.63, 3.8) is 0 Å². The maximum Gasteiger partial charge on any atom is 0.158 e. The van der Waals surface area contributed by atoms with Gasteiger partial charge >= 0.3 is 0 Å². The maximum atomic E-state index is 17.1. The van der Waals surface area contributed by atoms with Crippen molar-refractivity contribution >= 4 is 16.5 Å². The molecule has 2 aliphatic heterocycles. The summed E-state index contributed by atoms with van der Waals surface area (Å²) in [6, 6.07) is 6.08. The normalized spacial score (nSPS) is 45.2. The van der Waals surface area contributed by atoms with Crippen LogP contribution in [0.2, 0.25) is 0 Å². The van der Waals surface area contributed by atoms with Gasteiger partial charge < -0.3 is 19.8 Å². The number of aliphatic hydroxyl groups excluding tert-OH is 2. The van der Waals surface area contributed by atoms with E-state index in [0.717, 1.165) is 22.9 Å². The average Bonchev–Trinajstić information content (AvgIpc) is 3.39. The fourth-order valence-electron chi connectivity index (χ4n) is 8.57. The quantitative estimate of drug-likeness (QED) is 0.622. The molecule has 5 aliphatic rings. The zero-order chi connectivity index (χ0) is 25.1. The first-order valence-corrected chi connectivity index (χ1v) is 13.2. The van der Waals surface area contributed by atoms with Crippen LogP contribution in [0.3, 0.4) is 0 Å². The lowest BCUT2D eigenvalue weighted by atomic mass is 9.53. The van der Waals surface area contributed by atoms with Crippen LogP contribution >= 0.6 is 0 Å². The Balaban J connectivity index is 1.30. The second-order valence-electron chi connectivity index (χ2n) is 12.2. The van der Waals surface area contributed by atoms with E-state index in [1.54, 1.807) is 12.4 Å². The van der Waals surface area contributed by atoms with Crippen molar-refractivity contribution in [1.82, 2.24) is 14.9 Å². The standard InChI is InChI=1S/C29H34FN3O3/c1-26-8-10-28(30)13-20-24(34)25(35)22(33(2)3)14-27(20)9-11-29(28,36-27)23(26)7-6-19(26)17-4-5-18-15-31-16-32-21(18)12-17/h4-6,12-13,15-16,22-25,34-35H,7-11,14H2,1-3H3. The Bertz CT molecular complexity index is 1330. The number of fused-ring (bicyclic) bond motifs is 2. The van der Waals surface area contributed by atoms with Crippen LogP contribution in [-0.4, -0.2) is 74.3 Å². The minimum atomic E-state index is -1.65. The SMILES string of the molecule is CN(C)C1CC23CCC4(O2)C2CC=C(c5ccc6cncnc6c5)C2(C)CCC4(F)C=C3C(O)C1O. The van der Waals surface area contributed by atoms with E-state index >= 15 is 4.39 Å². The highest BCUT2D eigenvalue weighted by Gasteiger charge is 2.74. The summed E-state index contributed by atoms with van der Waals surface area (Å²) in [7, 11) is 3.83. The Morgan fingerprint density at radius 1 is 1.14 bits per heavy atom. The molecular weight excluding hydrogens is 457 g/mol. The number of aliphatic hydroxyl groups is 2. The van der Waals surface area contributed by atoms with Crippen molar-refractivity contribution < 1.29 is 19.3 Å². The van der Waals surface area contributed by atoms with Crippen LogP contribution in [0.25, 0.3) is 16.5 Å². The highest BCUT2D eigenvalue weighted by Crippen LogP contribution is 2.71. The Hall–Kier alpha value is -2.19. The van der Waals surface area contributed by atoms with Crippen molar-refractivity contribution in [2.45, 2.75) is 80.6 Å². The topological polar surface area (TPSA) is 78.7 Å². The molecule has 6 nitrogen and oxygen atoms in total. The summed E-state index contributed by atoms with van der Waals surface area (Å²) in [6.45, 7) is 2.28. The van der Waals surface area contributed by atoms with Gasteiger partial charge in [0.05, 0.1) is 17.2 Å². The molecule has 0 radical (unpaired) electrons. The van der Waals surface area contributed by atoms with E-state index < -0.39 is 29.1 Å². The fourth-order valence-corrected chi connectivity index (χ4v) is 8.57. The third-order valence-corrected chi connectivity index (χ3v) is 10.5. The lowest BCUT2D eigenvalue weighted by Gasteiger charge is -2.60. The highest BCUT2D eigenvalue weighted by atomic mass is 19.1. The molecule has 2 spiro atoms. The monoisotopic (exact) mass is 491 g/mol. The van der Waals surface area contributed by atoms with Gasteiger partial charge in [0.2, 0.25) is 0 Å². The number of aromatic nitrogens is 2. The van der Waals surface area contributed by atoms with Gasteiger partial charge in [0.25, 0.3) is 0 Å². The number of hydrogen-bond acceptors (Lipinski definition) is 6. The molecule has 1 aromatic carbocycles. The molecule has 3 fully saturated rings. The first-order chi connectivity index (χ1) is 17.1. The first kappa shape index (κ1) is 23.0. The zero-order valence-corrected chi connectivity index (χ0v) is 21.1. The molecule has 7 rings (SSSR count). The lowest BCUT2D eigenvalue weighted by Crippen LogP contribution is -2.68. The number of halogens is 1. The van der Waals surface area contributed by atoms with Gasteiger partial charge in [-0.3, -0.25) is 0 Å². The Morgan fingerprint density at radius 3 is 2.78 bits per heavy atom. The molecule has 8 atom stereocenters. The predicted octanol–water partition coefficient (Wildman–Crippen LogP) is 3.83. The maximum absolute atomic E-state index is 17.1. The number of likely N-dealkylation sites (N-methyl/N-ethyl adjacent to an activating group) is 1. The summed E-state index contributed by atoms with van der Waals surface area (Å²) in [5.74, 6) is -0.00109. The first-order valence-electron chi connectivity index (χ1n) is 13.2. The molecule has 7 heteroatoms.